The van der Waals surface area contributed by atoms with Crippen LogP contribution in [0.3, 0.4) is 0 Å². The minimum Gasteiger partial charge on any atom is -0.496 e. The van der Waals surface area contributed by atoms with Crippen LogP contribution in [-0.4, -0.2) is 31.6 Å². The Balaban J connectivity index is 1.94. The van der Waals surface area contributed by atoms with Gasteiger partial charge in [0.25, 0.3) is 0 Å². The van der Waals surface area contributed by atoms with Crippen LogP contribution in [-0.2, 0) is 0 Å². The maximum absolute atomic E-state index is 8.55. The molecule has 0 saturated carbocycles. The number of methoxy groups -OCH3 is 1. The number of unbranched alkanes of at least 4 members (excludes halogenated alkanes) is 1. The molecule has 1 aliphatic rings. The molecule has 1 atom stereocenters. The third-order valence-corrected chi connectivity index (χ3v) is 3.61. The fourth-order valence-corrected chi connectivity index (χ4v) is 2.68. The van der Waals surface area contributed by atoms with Gasteiger partial charge in [0.2, 0.25) is 0 Å². The Kier molecular flexibility index (Phi) is 4.60. The summed E-state index contributed by atoms with van der Waals surface area (Å²) < 4.78 is 5.43. The van der Waals surface area contributed by atoms with Crippen LogP contribution in [0.1, 0.15) is 30.7 Å². The topological polar surface area (TPSA) is 36.3 Å². The van der Waals surface area contributed by atoms with Crippen LogP contribution in [0.2, 0.25) is 0 Å². The zero-order valence-electron chi connectivity index (χ0n) is 10.9. The lowest BCUT2D eigenvalue weighted by atomic mass is 9.97. The standard InChI is InChI=1S/C15H20N2O/c1-18-15-7-3-2-6-14(15)13-8-11-17(12-13)10-5-4-9-16/h2-3,6-7,13H,4-5,8,10-12H2,1H3/t13-/m1/s1. The van der Waals surface area contributed by atoms with Crippen molar-refractivity contribution in [3.8, 4) is 11.8 Å². The SMILES string of the molecule is COc1ccccc1[C@@H]1CCN(CCCC#N)C1. The molecule has 0 unspecified atom stereocenters. The summed E-state index contributed by atoms with van der Waals surface area (Å²) in [5, 5.41) is 8.55. The lowest BCUT2D eigenvalue weighted by Gasteiger charge is -2.16. The molecule has 96 valence electrons. The zero-order chi connectivity index (χ0) is 12.8. The van der Waals surface area contributed by atoms with Gasteiger partial charge in [0.1, 0.15) is 5.75 Å². The van der Waals surface area contributed by atoms with Gasteiger partial charge in [-0.15, -0.1) is 0 Å². The number of nitrogens with zero attached hydrogens (tertiary/aromatic N) is 2. The minimum absolute atomic E-state index is 0.572. The highest BCUT2D eigenvalue weighted by molar-refractivity contribution is 5.36. The van der Waals surface area contributed by atoms with Gasteiger partial charge in [0.05, 0.1) is 13.2 Å². The van der Waals surface area contributed by atoms with E-state index in [0.29, 0.717) is 12.3 Å². The van der Waals surface area contributed by atoms with Crippen molar-refractivity contribution in [3.05, 3.63) is 29.8 Å². The van der Waals surface area contributed by atoms with Gasteiger partial charge < -0.3 is 9.64 Å². The van der Waals surface area contributed by atoms with Gasteiger partial charge in [0, 0.05) is 18.9 Å². The van der Waals surface area contributed by atoms with E-state index in [0.717, 1.165) is 31.8 Å². The molecule has 1 fully saturated rings. The lowest BCUT2D eigenvalue weighted by molar-refractivity contribution is 0.329. The molecule has 0 spiro atoms. The van der Waals surface area contributed by atoms with Crippen LogP contribution in [0, 0.1) is 11.3 Å². The number of nitriles is 1. The molecular weight excluding hydrogens is 224 g/mol. The highest BCUT2D eigenvalue weighted by Crippen LogP contribution is 2.33. The van der Waals surface area contributed by atoms with E-state index in [1.165, 1.54) is 12.0 Å². The van der Waals surface area contributed by atoms with Gasteiger partial charge in [-0.3, -0.25) is 0 Å². The number of ether oxygens (including phenoxy) is 1. The number of para-hydroxylation sites is 1. The van der Waals surface area contributed by atoms with Gasteiger partial charge in [-0.2, -0.15) is 5.26 Å². The predicted molar refractivity (Wildman–Crippen MR) is 71.6 cm³/mol. The normalized spacial score (nSPS) is 19.7. The van der Waals surface area contributed by atoms with E-state index in [4.69, 9.17) is 10.00 Å². The van der Waals surface area contributed by atoms with Crippen molar-refractivity contribution in [2.24, 2.45) is 0 Å². The molecule has 0 amide bonds. The summed E-state index contributed by atoms with van der Waals surface area (Å²) in [5.41, 5.74) is 1.32. The molecule has 0 aromatic heterocycles. The van der Waals surface area contributed by atoms with Crippen molar-refractivity contribution in [1.29, 1.82) is 5.26 Å². The molecule has 0 N–H and O–H groups in total. The second-order valence-electron chi connectivity index (χ2n) is 4.79. The van der Waals surface area contributed by atoms with E-state index >= 15 is 0 Å². The minimum atomic E-state index is 0.572. The second kappa shape index (κ2) is 6.42. The van der Waals surface area contributed by atoms with Crippen molar-refractivity contribution < 1.29 is 4.74 Å². The lowest BCUT2D eigenvalue weighted by Crippen LogP contribution is -2.21. The Morgan fingerprint density at radius 3 is 3.06 bits per heavy atom. The fraction of sp³-hybridized carbons (Fsp3) is 0.533. The number of likely N-dealkylation sites (tertiary alicyclic amines) is 1. The van der Waals surface area contributed by atoms with Crippen LogP contribution in [0.4, 0.5) is 0 Å². The van der Waals surface area contributed by atoms with Crippen LogP contribution >= 0.6 is 0 Å². The van der Waals surface area contributed by atoms with Crippen LogP contribution in [0.5, 0.6) is 5.75 Å². The number of benzene rings is 1. The molecule has 3 nitrogen and oxygen atoms in total. The van der Waals surface area contributed by atoms with E-state index < -0.39 is 0 Å². The van der Waals surface area contributed by atoms with Crippen molar-refractivity contribution in [2.75, 3.05) is 26.7 Å². The van der Waals surface area contributed by atoms with Gasteiger partial charge >= 0.3 is 0 Å². The van der Waals surface area contributed by atoms with E-state index in [-0.39, 0.29) is 0 Å². The summed E-state index contributed by atoms with van der Waals surface area (Å²) in [6.07, 6.45) is 2.83. The molecule has 1 saturated heterocycles. The summed E-state index contributed by atoms with van der Waals surface area (Å²) in [5.74, 6) is 1.57. The van der Waals surface area contributed by atoms with E-state index in [1.54, 1.807) is 7.11 Å². The van der Waals surface area contributed by atoms with E-state index in [2.05, 4.69) is 23.1 Å². The monoisotopic (exact) mass is 244 g/mol. The zero-order valence-corrected chi connectivity index (χ0v) is 10.9. The van der Waals surface area contributed by atoms with Crippen molar-refractivity contribution in [2.45, 2.75) is 25.2 Å². The highest BCUT2D eigenvalue weighted by Gasteiger charge is 2.25. The summed E-state index contributed by atoms with van der Waals surface area (Å²) in [6, 6.07) is 10.5. The molecule has 0 radical (unpaired) electrons. The average molecular weight is 244 g/mol. The molecule has 1 aromatic rings. The van der Waals surface area contributed by atoms with E-state index in [9.17, 15) is 0 Å². The fourth-order valence-electron chi connectivity index (χ4n) is 2.68. The van der Waals surface area contributed by atoms with Crippen molar-refractivity contribution in [1.82, 2.24) is 4.90 Å². The van der Waals surface area contributed by atoms with Crippen LogP contribution in [0.15, 0.2) is 24.3 Å². The Morgan fingerprint density at radius 1 is 1.44 bits per heavy atom. The molecule has 1 heterocycles. The Bertz CT molecular complexity index is 425. The predicted octanol–water partition coefficient (Wildman–Crippen LogP) is 2.79. The molecular formula is C15H20N2O. The van der Waals surface area contributed by atoms with Gasteiger partial charge in [0.15, 0.2) is 0 Å². The summed E-state index contributed by atoms with van der Waals surface area (Å²) in [4.78, 5) is 2.45. The summed E-state index contributed by atoms with van der Waals surface area (Å²) in [6.45, 7) is 3.26. The van der Waals surface area contributed by atoms with Crippen LogP contribution < -0.4 is 4.74 Å². The first-order valence-electron chi connectivity index (χ1n) is 6.57. The van der Waals surface area contributed by atoms with Crippen LogP contribution in [0.25, 0.3) is 0 Å². The first-order valence-corrected chi connectivity index (χ1v) is 6.57. The highest BCUT2D eigenvalue weighted by atomic mass is 16.5. The Hall–Kier alpha value is -1.53. The molecule has 2 rings (SSSR count). The Labute approximate surface area is 109 Å². The van der Waals surface area contributed by atoms with Crippen molar-refractivity contribution in [3.63, 3.8) is 0 Å². The van der Waals surface area contributed by atoms with Gasteiger partial charge in [-0.05, 0) is 37.6 Å². The smallest absolute Gasteiger partial charge is 0.122 e. The largest absolute Gasteiger partial charge is 0.496 e. The van der Waals surface area contributed by atoms with Gasteiger partial charge in [-0.25, -0.2) is 0 Å². The maximum Gasteiger partial charge on any atom is 0.122 e. The maximum atomic E-state index is 8.55. The third-order valence-electron chi connectivity index (χ3n) is 3.61. The molecule has 1 aliphatic heterocycles. The molecule has 3 heteroatoms. The number of hydrogen-bond donors (Lipinski definition) is 0. The molecule has 0 aliphatic carbocycles. The summed E-state index contributed by atoms with van der Waals surface area (Å²) in [7, 11) is 1.73. The third kappa shape index (κ3) is 3.02. The van der Waals surface area contributed by atoms with Gasteiger partial charge in [-0.1, -0.05) is 18.2 Å². The quantitative estimate of drug-likeness (QED) is 0.747. The first-order chi connectivity index (χ1) is 8.85. The van der Waals surface area contributed by atoms with E-state index in [1.807, 2.05) is 12.1 Å². The molecule has 1 aromatic carbocycles. The molecule has 18 heavy (non-hydrogen) atoms. The second-order valence-corrected chi connectivity index (χ2v) is 4.79. The van der Waals surface area contributed by atoms with Crippen molar-refractivity contribution >= 4 is 0 Å². The first kappa shape index (κ1) is 12.9. The number of hydrogen-bond acceptors (Lipinski definition) is 3. The summed E-state index contributed by atoms with van der Waals surface area (Å²) >= 11 is 0. The number of rotatable bonds is 5. The average Bonchev–Trinajstić information content (AvgIpc) is 2.88. The molecule has 0 bridgehead atoms. The Morgan fingerprint density at radius 2 is 2.28 bits per heavy atom.